The molecule has 0 bridgehead atoms. The molecule has 22 heavy (non-hydrogen) atoms. The number of benzene rings is 2. The van der Waals surface area contributed by atoms with Gasteiger partial charge in [0.2, 0.25) is 0 Å². The summed E-state index contributed by atoms with van der Waals surface area (Å²) in [5.41, 5.74) is 2.88. The summed E-state index contributed by atoms with van der Waals surface area (Å²) in [5.74, 6) is 0.518. The third-order valence-electron chi connectivity index (χ3n) is 5.12. The minimum atomic E-state index is 0.518. The first-order valence-corrected chi connectivity index (χ1v) is 8.62. The van der Waals surface area contributed by atoms with E-state index in [0.717, 1.165) is 0 Å². The zero-order chi connectivity index (χ0) is 15.8. The van der Waals surface area contributed by atoms with Crippen molar-refractivity contribution in [3.63, 3.8) is 0 Å². The molecule has 0 aliphatic rings. The molecule has 0 saturated heterocycles. The molecule has 0 fully saturated rings. The number of nitrogens with zero attached hydrogens (tertiary/aromatic N) is 1. The first-order chi connectivity index (χ1) is 10.7. The van der Waals surface area contributed by atoms with E-state index in [1.807, 2.05) is 0 Å². The Bertz CT molecular complexity index is 489. The lowest BCUT2D eigenvalue weighted by molar-refractivity contribution is -0.906. The Hall–Kier alpha value is -1.60. The van der Waals surface area contributed by atoms with Gasteiger partial charge < -0.3 is 4.48 Å². The maximum Gasteiger partial charge on any atom is 0.0784 e. The minimum absolute atomic E-state index is 0.518. The highest BCUT2D eigenvalue weighted by Gasteiger charge is 2.19. The van der Waals surface area contributed by atoms with E-state index in [0.29, 0.717) is 5.92 Å². The molecular weight excluding hydrogens is 266 g/mol. The summed E-state index contributed by atoms with van der Waals surface area (Å²) in [7, 11) is 2.38. The molecule has 2 rings (SSSR count). The van der Waals surface area contributed by atoms with Gasteiger partial charge in [-0.3, -0.25) is 0 Å². The van der Waals surface area contributed by atoms with Gasteiger partial charge in [-0.25, -0.2) is 0 Å². The van der Waals surface area contributed by atoms with Crippen LogP contribution >= 0.6 is 0 Å². The molecule has 0 aromatic heterocycles. The Balaban J connectivity index is 2.10. The minimum Gasteiger partial charge on any atom is -0.327 e. The highest BCUT2D eigenvalue weighted by atomic mass is 15.3. The summed E-state index contributed by atoms with van der Waals surface area (Å²) in [6, 6.07) is 21.9. The second-order valence-corrected chi connectivity index (χ2v) is 6.49. The van der Waals surface area contributed by atoms with Gasteiger partial charge in [0.25, 0.3) is 0 Å². The molecular formula is C21H30N+. The van der Waals surface area contributed by atoms with Crippen LogP contribution in [0.5, 0.6) is 0 Å². The largest absolute Gasteiger partial charge is 0.327 e. The molecule has 1 heteroatoms. The van der Waals surface area contributed by atoms with Crippen molar-refractivity contribution < 1.29 is 4.48 Å². The van der Waals surface area contributed by atoms with E-state index in [9.17, 15) is 0 Å². The van der Waals surface area contributed by atoms with Gasteiger partial charge in [0.15, 0.2) is 0 Å². The van der Waals surface area contributed by atoms with Gasteiger partial charge in [0.05, 0.1) is 26.7 Å². The van der Waals surface area contributed by atoms with Gasteiger partial charge in [-0.05, 0) is 37.8 Å². The van der Waals surface area contributed by atoms with Crippen LogP contribution in [0, 0.1) is 0 Å². The third-order valence-corrected chi connectivity index (χ3v) is 5.12. The van der Waals surface area contributed by atoms with Crippen LogP contribution in [0.2, 0.25) is 0 Å². The first kappa shape index (κ1) is 16.8. The van der Waals surface area contributed by atoms with E-state index in [1.54, 1.807) is 0 Å². The highest BCUT2D eigenvalue weighted by molar-refractivity contribution is 5.32. The van der Waals surface area contributed by atoms with E-state index in [1.165, 1.54) is 48.1 Å². The van der Waals surface area contributed by atoms with Crippen LogP contribution < -0.4 is 0 Å². The Morgan fingerprint density at radius 2 is 1.23 bits per heavy atom. The van der Waals surface area contributed by atoms with Gasteiger partial charge in [-0.15, -0.1) is 0 Å². The fourth-order valence-corrected chi connectivity index (χ4v) is 3.11. The normalized spacial score (nSPS) is 11.8. The summed E-state index contributed by atoms with van der Waals surface area (Å²) >= 11 is 0. The summed E-state index contributed by atoms with van der Waals surface area (Å²) in [6.45, 7) is 8.31. The fraction of sp³-hybridized carbons (Fsp3) is 0.429. The molecule has 118 valence electrons. The maximum absolute atomic E-state index is 2.38. The lowest BCUT2D eigenvalue weighted by atomic mass is 9.87. The molecule has 0 atom stereocenters. The standard InChI is InChI=1S/C21H30N/c1-4-22(3,5-2)18-12-17-21(19-13-8-6-9-14-19)20-15-10-7-11-16-20/h6-11,13-16,21H,4-5,12,17-18H2,1-3H3/q+1. The number of hydrogen-bond donors (Lipinski definition) is 0. The van der Waals surface area contributed by atoms with Gasteiger partial charge >= 0.3 is 0 Å². The molecule has 0 amide bonds. The summed E-state index contributed by atoms with van der Waals surface area (Å²) in [6.07, 6.45) is 2.49. The van der Waals surface area contributed by atoms with E-state index in [2.05, 4.69) is 81.6 Å². The number of quaternary nitrogens is 1. The molecule has 1 nitrogen and oxygen atoms in total. The molecule has 2 aromatic carbocycles. The Labute approximate surface area is 136 Å². The van der Waals surface area contributed by atoms with Gasteiger partial charge in [0.1, 0.15) is 0 Å². The van der Waals surface area contributed by atoms with Crippen LogP contribution in [0.3, 0.4) is 0 Å². The van der Waals surface area contributed by atoms with Crippen molar-refractivity contribution in [2.24, 2.45) is 0 Å². The second kappa shape index (κ2) is 8.14. The molecule has 0 aliphatic heterocycles. The molecule has 0 spiro atoms. The summed E-state index contributed by atoms with van der Waals surface area (Å²) < 4.78 is 1.18. The fourth-order valence-electron chi connectivity index (χ4n) is 3.11. The first-order valence-electron chi connectivity index (χ1n) is 8.62. The lowest BCUT2D eigenvalue weighted by Crippen LogP contribution is -2.44. The van der Waals surface area contributed by atoms with Gasteiger partial charge in [0, 0.05) is 5.92 Å². The molecule has 0 saturated carbocycles. The maximum atomic E-state index is 2.38. The summed E-state index contributed by atoms with van der Waals surface area (Å²) in [4.78, 5) is 0. The third kappa shape index (κ3) is 4.45. The van der Waals surface area contributed by atoms with Crippen molar-refractivity contribution in [1.82, 2.24) is 0 Å². The molecule has 0 aliphatic carbocycles. The van der Waals surface area contributed by atoms with Crippen molar-refractivity contribution in [1.29, 1.82) is 0 Å². The van der Waals surface area contributed by atoms with Crippen molar-refractivity contribution in [2.45, 2.75) is 32.6 Å². The van der Waals surface area contributed by atoms with Crippen molar-refractivity contribution in [3.8, 4) is 0 Å². The Morgan fingerprint density at radius 3 is 1.64 bits per heavy atom. The molecule has 2 aromatic rings. The van der Waals surface area contributed by atoms with Gasteiger partial charge in [-0.2, -0.15) is 0 Å². The average molecular weight is 296 g/mol. The zero-order valence-electron chi connectivity index (χ0n) is 14.3. The molecule has 0 unspecified atom stereocenters. The van der Waals surface area contributed by atoms with Gasteiger partial charge in [-0.1, -0.05) is 60.7 Å². The lowest BCUT2D eigenvalue weighted by Gasteiger charge is -2.32. The van der Waals surface area contributed by atoms with E-state index >= 15 is 0 Å². The van der Waals surface area contributed by atoms with E-state index < -0.39 is 0 Å². The molecule has 0 N–H and O–H groups in total. The quantitative estimate of drug-likeness (QED) is 0.596. The Morgan fingerprint density at radius 1 is 0.773 bits per heavy atom. The van der Waals surface area contributed by atoms with E-state index in [-0.39, 0.29) is 0 Å². The highest BCUT2D eigenvalue weighted by Crippen LogP contribution is 2.29. The van der Waals surface area contributed by atoms with Crippen molar-refractivity contribution in [3.05, 3.63) is 71.8 Å². The second-order valence-electron chi connectivity index (χ2n) is 6.49. The SMILES string of the molecule is CC[N+](C)(CC)CCCC(c1ccccc1)c1ccccc1. The molecule has 0 heterocycles. The van der Waals surface area contributed by atoms with Crippen molar-refractivity contribution in [2.75, 3.05) is 26.7 Å². The number of rotatable bonds is 8. The topological polar surface area (TPSA) is 0 Å². The smallest absolute Gasteiger partial charge is 0.0784 e. The van der Waals surface area contributed by atoms with E-state index in [4.69, 9.17) is 0 Å². The predicted molar refractivity (Wildman–Crippen MR) is 96.1 cm³/mol. The average Bonchev–Trinajstić information content (AvgIpc) is 2.60. The predicted octanol–water partition coefficient (Wildman–Crippen LogP) is 5.09. The monoisotopic (exact) mass is 296 g/mol. The van der Waals surface area contributed by atoms with Crippen molar-refractivity contribution >= 4 is 0 Å². The van der Waals surface area contributed by atoms with Crippen LogP contribution in [0.1, 0.15) is 43.7 Å². The van der Waals surface area contributed by atoms with Crippen LogP contribution in [0.25, 0.3) is 0 Å². The van der Waals surface area contributed by atoms with Crippen LogP contribution in [0.4, 0.5) is 0 Å². The Kier molecular flexibility index (Phi) is 6.21. The summed E-state index contributed by atoms with van der Waals surface area (Å²) in [5, 5.41) is 0. The van der Waals surface area contributed by atoms with Crippen LogP contribution in [-0.2, 0) is 0 Å². The zero-order valence-corrected chi connectivity index (χ0v) is 14.3. The molecule has 0 radical (unpaired) electrons. The number of hydrogen-bond acceptors (Lipinski definition) is 0. The van der Waals surface area contributed by atoms with Crippen LogP contribution in [-0.4, -0.2) is 31.2 Å². The van der Waals surface area contributed by atoms with Crippen LogP contribution in [0.15, 0.2) is 60.7 Å².